The lowest BCUT2D eigenvalue weighted by atomic mass is 10.2. The van der Waals surface area contributed by atoms with E-state index in [-0.39, 0.29) is 12.4 Å². The quantitative estimate of drug-likeness (QED) is 0.581. The topological polar surface area (TPSA) is 22.1 Å². The highest BCUT2D eigenvalue weighted by Gasteiger charge is 2.08. The van der Waals surface area contributed by atoms with Gasteiger partial charge < -0.3 is 4.74 Å². The highest BCUT2D eigenvalue weighted by molar-refractivity contribution is 9.10. The average Bonchev–Trinajstić information content (AvgIpc) is 2.46. The van der Waals surface area contributed by atoms with Gasteiger partial charge in [0.1, 0.15) is 11.8 Å². The minimum Gasteiger partial charge on any atom is -0.486 e. The molecule has 1 heterocycles. The molecule has 3 aromatic rings. The molecule has 0 N–H and O–H groups in total. The molecule has 3 rings (SSSR count). The summed E-state index contributed by atoms with van der Waals surface area (Å²) in [7, 11) is 0. The molecule has 0 bridgehead atoms. The van der Waals surface area contributed by atoms with Crippen molar-refractivity contribution in [3.8, 4) is 5.75 Å². The number of rotatable bonds is 3. The van der Waals surface area contributed by atoms with Gasteiger partial charge in [-0.1, -0.05) is 45.7 Å². The van der Waals surface area contributed by atoms with Crippen molar-refractivity contribution in [1.82, 2.24) is 4.98 Å². The van der Waals surface area contributed by atoms with Crippen LogP contribution in [0.2, 0.25) is 5.15 Å². The van der Waals surface area contributed by atoms with Gasteiger partial charge in [-0.15, -0.1) is 0 Å². The Morgan fingerprint density at radius 1 is 1.14 bits per heavy atom. The van der Waals surface area contributed by atoms with E-state index in [1.54, 1.807) is 12.1 Å². The predicted molar refractivity (Wildman–Crippen MR) is 85.2 cm³/mol. The molecule has 0 saturated heterocycles. The first-order valence-corrected chi connectivity index (χ1v) is 7.42. The van der Waals surface area contributed by atoms with E-state index in [0.29, 0.717) is 9.63 Å². The normalized spacial score (nSPS) is 10.8. The zero-order chi connectivity index (χ0) is 14.8. The third-order valence-corrected chi connectivity index (χ3v) is 3.85. The highest BCUT2D eigenvalue weighted by atomic mass is 79.9. The minimum absolute atomic E-state index is 0.162. The lowest BCUT2D eigenvalue weighted by Gasteiger charge is -2.09. The molecule has 0 unspecified atom stereocenters. The van der Waals surface area contributed by atoms with Gasteiger partial charge in [0.25, 0.3) is 0 Å². The lowest BCUT2D eigenvalue weighted by molar-refractivity contribution is 0.290. The number of benzene rings is 2. The molecule has 2 aromatic carbocycles. The lowest BCUT2D eigenvalue weighted by Crippen LogP contribution is -1.99. The van der Waals surface area contributed by atoms with Gasteiger partial charge in [-0.3, -0.25) is 0 Å². The fraction of sp³-hybridized carbons (Fsp3) is 0.0625. The number of para-hydroxylation sites is 1. The number of hydrogen-bond acceptors (Lipinski definition) is 2. The fourth-order valence-electron chi connectivity index (χ4n) is 1.99. The molecule has 0 fully saturated rings. The standard InChI is InChI=1S/C16H10BrClFNO/c17-12-5-6-15(13(19)8-12)21-9-11-7-10-3-1-2-4-14(10)20-16(11)18/h1-8H,9H2. The minimum atomic E-state index is -0.422. The van der Waals surface area contributed by atoms with Crippen LogP contribution in [0.15, 0.2) is 53.0 Å². The second-order valence-electron chi connectivity index (χ2n) is 4.49. The molecule has 5 heteroatoms. The van der Waals surface area contributed by atoms with Gasteiger partial charge in [-0.25, -0.2) is 9.37 Å². The van der Waals surface area contributed by atoms with Crippen LogP contribution in [0.4, 0.5) is 4.39 Å². The summed E-state index contributed by atoms with van der Waals surface area (Å²) in [6.45, 7) is 0.162. The zero-order valence-corrected chi connectivity index (χ0v) is 13.2. The maximum absolute atomic E-state index is 13.7. The summed E-state index contributed by atoms with van der Waals surface area (Å²) in [5.41, 5.74) is 1.54. The van der Waals surface area contributed by atoms with Crippen molar-refractivity contribution >= 4 is 38.4 Å². The largest absolute Gasteiger partial charge is 0.486 e. The molecule has 2 nitrogen and oxygen atoms in total. The van der Waals surface area contributed by atoms with Crippen LogP contribution in [0.25, 0.3) is 10.9 Å². The number of pyridine rings is 1. The third-order valence-electron chi connectivity index (χ3n) is 3.03. The number of aromatic nitrogens is 1. The van der Waals surface area contributed by atoms with Crippen LogP contribution in [0.3, 0.4) is 0 Å². The zero-order valence-electron chi connectivity index (χ0n) is 10.8. The molecule has 106 valence electrons. The Bertz CT molecular complexity index is 809. The van der Waals surface area contributed by atoms with Crippen molar-refractivity contribution in [2.75, 3.05) is 0 Å². The van der Waals surface area contributed by atoms with Crippen molar-refractivity contribution in [3.05, 3.63) is 69.5 Å². The number of ether oxygens (including phenoxy) is 1. The van der Waals surface area contributed by atoms with Crippen LogP contribution >= 0.6 is 27.5 Å². The molecule has 0 aliphatic heterocycles. The van der Waals surface area contributed by atoms with Crippen LogP contribution in [0.5, 0.6) is 5.75 Å². The molecule has 0 saturated carbocycles. The second-order valence-corrected chi connectivity index (χ2v) is 5.77. The molecule has 0 amide bonds. The molecular formula is C16H10BrClFNO. The Kier molecular flexibility index (Phi) is 4.08. The molecule has 0 atom stereocenters. The monoisotopic (exact) mass is 365 g/mol. The van der Waals surface area contributed by atoms with E-state index in [1.807, 2.05) is 30.3 Å². The molecular weight excluding hydrogens is 357 g/mol. The van der Waals surface area contributed by atoms with Crippen LogP contribution in [0, 0.1) is 5.82 Å². The number of halogens is 3. The van der Waals surface area contributed by atoms with Gasteiger partial charge in [-0.05, 0) is 30.3 Å². The van der Waals surface area contributed by atoms with Gasteiger partial charge in [0.05, 0.1) is 5.52 Å². The Hall–Kier alpha value is -1.65. The summed E-state index contributed by atoms with van der Waals surface area (Å²) in [6.07, 6.45) is 0. The fourth-order valence-corrected chi connectivity index (χ4v) is 2.52. The SMILES string of the molecule is Fc1cc(Br)ccc1OCc1cc2ccccc2nc1Cl. The summed E-state index contributed by atoms with van der Waals surface area (Å²) in [6, 6.07) is 14.2. The van der Waals surface area contributed by atoms with Gasteiger partial charge in [0.15, 0.2) is 11.6 Å². The smallest absolute Gasteiger partial charge is 0.166 e. The predicted octanol–water partition coefficient (Wildman–Crippen LogP) is 5.37. The van der Waals surface area contributed by atoms with Crippen molar-refractivity contribution < 1.29 is 9.13 Å². The van der Waals surface area contributed by atoms with Crippen LogP contribution in [-0.4, -0.2) is 4.98 Å². The number of fused-ring (bicyclic) bond motifs is 1. The van der Waals surface area contributed by atoms with Crippen molar-refractivity contribution in [2.24, 2.45) is 0 Å². The van der Waals surface area contributed by atoms with E-state index >= 15 is 0 Å². The first-order valence-electron chi connectivity index (χ1n) is 6.25. The summed E-state index contributed by atoms with van der Waals surface area (Å²) < 4.78 is 19.9. The Labute approximate surface area is 134 Å². The molecule has 0 radical (unpaired) electrons. The number of hydrogen-bond donors (Lipinski definition) is 0. The van der Waals surface area contributed by atoms with Crippen molar-refractivity contribution in [1.29, 1.82) is 0 Å². The van der Waals surface area contributed by atoms with Crippen LogP contribution in [-0.2, 0) is 6.61 Å². The van der Waals surface area contributed by atoms with Crippen molar-refractivity contribution in [2.45, 2.75) is 6.61 Å². The van der Waals surface area contributed by atoms with E-state index in [2.05, 4.69) is 20.9 Å². The van der Waals surface area contributed by atoms with Crippen LogP contribution in [0.1, 0.15) is 5.56 Å². The second kappa shape index (κ2) is 6.00. The number of nitrogens with zero attached hydrogens (tertiary/aromatic N) is 1. The van der Waals surface area contributed by atoms with E-state index in [0.717, 1.165) is 16.5 Å². The Balaban J connectivity index is 1.86. The Morgan fingerprint density at radius 2 is 1.95 bits per heavy atom. The van der Waals surface area contributed by atoms with E-state index < -0.39 is 5.82 Å². The summed E-state index contributed by atoms with van der Waals surface area (Å²) in [5, 5.41) is 1.34. The molecule has 0 aliphatic rings. The Morgan fingerprint density at radius 3 is 2.76 bits per heavy atom. The molecule has 1 aromatic heterocycles. The van der Waals surface area contributed by atoms with E-state index in [4.69, 9.17) is 16.3 Å². The average molecular weight is 367 g/mol. The maximum atomic E-state index is 13.7. The van der Waals surface area contributed by atoms with Crippen molar-refractivity contribution in [3.63, 3.8) is 0 Å². The van der Waals surface area contributed by atoms with Gasteiger partial charge in [0.2, 0.25) is 0 Å². The summed E-state index contributed by atoms with van der Waals surface area (Å²) >= 11 is 9.35. The van der Waals surface area contributed by atoms with E-state index in [9.17, 15) is 4.39 Å². The first-order chi connectivity index (χ1) is 10.1. The maximum Gasteiger partial charge on any atom is 0.166 e. The van der Waals surface area contributed by atoms with E-state index in [1.165, 1.54) is 6.07 Å². The third kappa shape index (κ3) is 3.17. The first kappa shape index (κ1) is 14.3. The summed E-state index contributed by atoms with van der Waals surface area (Å²) in [4.78, 5) is 4.31. The highest BCUT2D eigenvalue weighted by Crippen LogP contribution is 2.25. The summed E-state index contributed by atoms with van der Waals surface area (Å²) in [5.74, 6) is -0.239. The van der Waals surface area contributed by atoms with Crippen LogP contribution < -0.4 is 4.74 Å². The van der Waals surface area contributed by atoms with Gasteiger partial charge in [-0.2, -0.15) is 0 Å². The molecule has 21 heavy (non-hydrogen) atoms. The van der Waals surface area contributed by atoms with Gasteiger partial charge in [0, 0.05) is 15.4 Å². The van der Waals surface area contributed by atoms with Gasteiger partial charge >= 0.3 is 0 Å². The molecule has 0 aliphatic carbocycles. The molecule has 0 spiro atoms.